The second kappa shape index (κ2) is 11.4. The van der Waals surface area contributed by atoms with Gasteiger partial charge < -0.3 is 13.6 Å². The number of carbonyl (C=O) groups is 1. The molecule has 0 rings (SSSR count). The lowest BCUT2D eigenvalue weighted by Crippen LogP contribution is -2.22. The molecule has 0 fully saturated rings. The van der Waals surface area contributed by atoms with E-state index in [9.17, 15) is 4.79 Å². The molecule has 0 aliphatic heterocycles. The number of ether oxygens (including phenoxy) is 1. The van der Waals surface area contributed by atoms with E-state index >= 15 is 0 Å². The van der Waals surface area contributed by atoms with Crippen LogP contribution in [0.1, 0.15) is 40.0 Å². The predicted molar refractivity (Wildman–Crippen MR) is 74.8 cm³/mol. The smallest absolute Gasteiger partial charge is 0.333 e. The highest BCUT2D eigenvalue weighted by molar-refractivity contribution is 6.44. The van der Waals surface area contributed by atoms with E-state index < -0.39 is 9.28 Å². The average Bonchev–Trinajstić information content (AvgIpc) is 2.33. The van der Waals surface area contributed by atoms with Crippen molar-refractivity contribution >= 4 is 15.3 Å². The van der Waals surface area contributed by atoms with E-state index in [1.54, 1.807) is 6.92 Å². The fraction of sp³-hybridized carbons (Fsp3) is 0.769. The van der Waals surface area contributed by atoms with E-state index in [-0.39, 0.29) is 5.97 Å². The highest BCUT2D eigenvalue weighted by Crippen LogP contribution is 2.07. The number of carbonyl (C=O) groups excluding carboxylic acids is 1. The molecule has 0 N–H and O–H groups in total. The van der Waals surface area contributed by atoms with E-state index in [0.717, 1.165) is 38.5 Å². The third-order valence-corrected chi connectivity index (χ3v) is 4.66. The highest BCUT2D eigenvalue weighted by atomic mass is 28.3. The number of hydrogen-bond acceptors (Lipinski definition) is 4. The molecule has 5 heteroatoms. The van der Waals surface area contributed by atoms with Gasteiger partial charge in [-0.15, -0.1) is 0 Å². The van der Waals surface area contributed by atoms with Gasteiger partial charge in [-0.1, -0.05) is 19.4 Å². The summed E-state index contributed by atoms with van der Waals surface area (Å²) in [7, 11) is -1.44. The summed E-state index contributed by atoms with van der Waals surface area (Å²) in [6, 6.07) is 1.02. The second-order valence-corrected chi connectivity index (χ2v) is 6.21. The largest absolute Gasteiger partial charge is 0.462 e. The SMILES string of the molecule is C=C(C)C(=O)OCCCCC[SiH](OCC)OCC. The van der Waals surface area contributed by atoms with E-state index in [1.807, 2.05) is 13.8 Å². The summed E-state index contributed by atoms with van der Waals surface area (Å²) in [4.78, 5) is 11.1. The molecule has 0 saturated heterocycles. The molecule has 0 aromatic carbocycles. The average molecular weight is 274 g/mol. The summed E-state index contributed by atoms with van der Waals surface area (Å²) in [5, 5.41) is 0. The molecule has 0 amide bonds. The number of esters is 1. The third-order valence-electron chi connectivity index (χ3n) is 2.37. The van der Waals surface area contributed by atoms with Crippen molar-refractivity contribution in [3.8, 4) is 0 Å². The van der Waals surface area contributed by atoms with E-state index in [2.05, 4.69) is 6.58 Å². The van der Waals surface area contributed by atoms with Crippen molar-refractivity contribution in [1.82, 2.24) is 0 Å². The fourth-order valence-corrected chi connectivity index (χ4v) is 3.26. The Morgan fingerprint density at radius 3 is 2.22 bits per heavy atom. The van der Waals surface area contributed by atoms with Gasteiger partial charge in [0.05, 0.1) is 6.61 Å². The number of unbranched alkanes of at least 4 members (excludes halogenated alkanes) is 2. The van der Waals surface area contributed by atoms with Crippen LogP contribution >= 0.6 is 0 Å². The van der Waals surface area contributed by atoms with Crippen LogP contribution in [-0.4, -0.2) is 35.1 Å². The van der Waals surface area contributed by atoms with E-state index in [0.29, 0.717) is 12.2 Å². The van der Waals surface area contributed by atoms with Crippen LogP contribution in [0.2, 0.25) is 6.04 Å². The lowest BCUT2D eigenvalue weighted by atomic mass is 10.3. The Kier molecular flexibility index (Phi) is 11.0. The molecule has 0 unspecified atom stereocenters. The van der Waals surface area contributed by atoms with Gasteiger partial charge in [-0.05, 0) is 33.2 Å². The Balaban J connectivity index is 3.48. The minimum absolute atomic E-state index is 0.300. The maximum Gasteiger partial charge on any atom is 0.333 e. The summed E-state index contributed by atoms with van der Waals surface area (Å²) >= 11 is 0. The topological polar surface area (TPSA) is 44.8 Å². The molecule has 0 aliphatic carbocycles. The first-order valence-electron chi connectivity index (χ1n) is 6.67. The molecule has 0 aromatic rings. The van der Waals surface area contributed by atoms with Crippen LogP contribution in [0.15, 0.2) is 12.2 Å². The molecule has 0 heterocycles. The van der Waals surface area contributed by atoms with Gasteiger partial charge >= 0.3 is 15.3 Å². The normalized spacial score (nSPS) is 10.7. The van der Waals surface area contributed by atoms with Crippen molar-refractivity contribution in [3.63, 3.8) is 0 Å². The van der Waals surface area contributed by atoms with Crippen molar-refractivity contribution in [3.05, 3.63) is 12.2 Å². The van der Waals surface area contributed by atoms with Crippen molar-refractivity contribution < 1.29 is 18.4 Å². The van der Waals surface area contributed by atoms with Crippen molar-refractivity contribution in [2.75, 3.05) is 19.8 Å². The molecule has 0 spiro atoms. The molecule has 0 bridgehead atoms. The van der Waals surface area contributed by atoms with Gasteiger partial charge in [-0.3, -0.25) is 0 Å². The molecular formula is C13H26O4Si. The lowest BCUT2D eigenvalue weighted by Gasteiger charge is -2.14. The molecular weight excluding hydrogens is 248 g/mol. The van der Waals surface area contributed by atoms with Crippen molar-refractivity contribution in [2.24, 2.45) is 0 Å². The molecule has 0 radical (unpaired) electrons. The fourth-order valence-electron chi connectivity index (χ4n) is 1.46. The van der Waals surface area contributed by atoms with E-state index in [4.69, 9.17) is 13.6 Å². The van der Waals surface area contributed by atoms with Crippen molar-refractivity contribution in [1.29, 1.82) is 0 Å². The summed E-state index contributed by atoms with van der Waals surface area (Å²) in [6.45, 7) is 11.1. The van der Waals surface area contributed by atoms with Gasteiger partial charge in [0.15, 0.2) is 0 Å². The molecule has 0 aromatic heterocycles. The summed E-state index contributed by atoms with van der Waals surface area (Å²) < 4.78 is 16.2. The van der Waals surface area contributed by atoms with Gasteiger partial charge in [0.1, 0.15) is 0 Å². The monoisotopic (exact) mass is 274 g/mol. The van der Waals surface area contributed by atoms with Gasteiger partial charge in [0, 0.05) is 18.8 Å². The van der Waals surface area contributed by atoms with Gasteiger partial charge in [-0.25, -0.2) is 4.79 Å². The van der Waals surface area contributed by atoms with Gasteiger partial charge in [0.2, 0.25) is 0 Å². The zero-order valence-electron chi connectivity index (χ0n) is 11.9. The minimum Gasteiger partial charge on any atom is -0.462 e. The zero-order chi connectivity index (χ0) is 13.8. The highest BCUT2D eigenvalue weighted by Gasteiger charge is 2.11. The third kappa shape index (κ3) is 9.38. The van der Waals surface area contributed by atoms with E-state index in [1.165, 1.54) is 0 Å². The van der Waals surface area contributed by atoms with Crippen LogP contribution in [0.4, 0.5) is 0 Å². The maximum atomic E-state index is 11.1. The molecule has 18 heavy (non-hydrogen) atoms. The Hall–Kier alpha value is -0.653. The van der Waals surface area contributed by atoms with Gasteiger partial charge in [-0.2, -0.15) is 0 Å². The first-order chi connectivity index (χ1) is 8.61. The standard InChI is InChI=1S/C13H26O4Si/c1-5-16-18(17-6-2)11-9-7-8-10-15-13(14)12(3)4/h18H,3,5-11H2,1-2,4H3. The van der Waals surface area contributed by atoms with Crippen LogP contribution in [0, 0.1) is 0 Å². The maximum absolute atomic E-state index is 11.1. The van der Waals surface area contributed by atoms with Crippen LogP contribution in [-0.2, 0) is 18.4 Å². The molecule has 106 valence electrons. The summed E-state index contributed by atoms with van der Waals surface area (Å²) in [5.74, 6) is -0.300. The lowest BCUT2D eigenvalue weighted by molar-refractivity contribution is -0.139. The Morgan fingerprint density at radius 2 is 1.72 bits per heavy atom. The van der Waals surface area contributed by atoms with Crippen LogP contribution < -0.4 is 0 Å². The Labute approximate surface area is 112 Å². The van der Waals surface area contributed by atoms with Crippen LogP contribution in [0.3, 0.4) is 0 Å². The van der Waals surface area contributed by atoms with Crippen molar-refractivity contribution in [2.45, 2.75) is 46.1 Å². The molecule has 4 nitrogen and oxygen atoms in total. The first-order valence-corrected chi connectivity index (χ1v) is 8.43. The summed E-state index contributed by atoms with van der Waals surface area (Å²) in [6.07, 6.45) is 2.99. The predicted octanol–water partition coefficient (Wildman–Crippen LogP) is 2.57. The Morgan fingerprint density at radius 1 is 1.11 bits per heavy atom. The molecule has 0 aliphatic rings. The Bertz CT molecular complexity index is 237. The first kappa shape index (κ1) is 17.3. The van der Waals surface area contributed by atoms with Gasteiger partial charge in [0.25, 0.3) is 0 Å². The molecule has 0 saturated carbocycles. The number of hydrogen-bond donors (Lipinski definition) is 0. The van der Waals surface area contributed by atoms with Crippen LogP contribution in [0.5, 0.6) is 0 Å². The zero-order valence-corrected chi connectivity index (χ0v) is 13.0. The van der Waals surface area contributed by atoms with Crippen LogP contribution in [0.25, 0.3) is 0 Å². The quantitative estimate of drug-likeness (QED) is 0.251. The second-order valence-electron chi connectivity index (χ2n) is 4.11. The molecule has 0 atom stereocenters. The minimum atomic E-state index is -1.44. The number of rotatable bonds is 11. The summed E-state index contributed by atoms with van der Waals surface area (Å²) in [5.41, 5.74) is 0.454.